The minimum absolute atomic E-state index is 0.149. The highest BCUT2D eigenvalue weighted by atomic mass is 16.7. The molecule has 4 aromatic rings. The summed E-state index contributed by atoms with van der Waals surface area (Å²) in [6.07, 6.45) is 0.630. The van der Waals surface area contributed by atoms with E-state index in [9.17, 15) is 9.59 Å². The number of hydrogen-bond donors (Lipinski definition) is 0. The summed E-state index contributed by atoms with van der Waals surface area (Å²) in [6, 6.07) is 32.2. The molecule has 0 aliphatic carbocycles. The fourth-order valence-electron chi connectivity index (χ4n) is 3.74. The highest BCUT2D eigenvalue weighted by Crippen LogP contribution is 2.27. The first-order chi connectivity index (χ1) is 16.2. The predicted octanol–water partition coefficient (Wildman–Crippen LogP) is 5.80. The molecule has 0 saturated heterocycles. The van der Waals surface area contributed by atoms with Crippen molar-refractivity contribution in [3.8, 4) is 11.5 Å². The Bertz CT molecular complexity index is 1280. The van der Waals surface area contributed by atoms with Crippen molar-refractivity contribution in [1.29, 1.82) is 0 Å². The molecule has 162 valence electrons. The van der Waals surface area contributed by atoms with Crippen LogP contribution in [0.15, 0.2) is 103 Å². The monoisotopic (exact) mass is 435 g/mol. The number of carbonyl (C=O) groups excluding carboxylic acids is 2. The summed E-state index contributed by atoms with van der Waals surface area (Å²) < 4.78 is 5.84. The molecule has 5 nitrogen and oxygen atoms in total. The van der Waals surface area contributed by atoms with Gasteiger partial charge in [-0.1, -0.05) is 66.7 Å². The molecule has 0 N–H and O–H groups in total. The van der Waals surface area contributed by atoms with E-state index in [0.29, 0.717) is 17.5 Å². The van der Waals surface area contributed by atoms with Crippen LogP contribution in [0.4, 0.5) is 0 Å². The van der Waals surface area contributed by atoms with Crippen LogP contribution in [0.5, 0.6) is 11.5 Å². The molecule has 0 radical (unpaired) electrons. The van der Waals surface area contributed by atoms with Gasteiger partial charge in [0.1, 0.15) is 18.1 Å². The van der Waals surface area contributed by atoms with Gasteiger partial charge in [-0.3, -0.25) is 14.4 Å². The van der Waals surface area contributed by atoms with Gasteiger partial charge in [0.05, 0.1) is 11.1 Å². The molecule has 0 unspecified atom stereocenters. The highest BCUT2D eigenvalue weighted by molar-refractivity contribution is 6.20. The molecule has 1 aliphatic rings. The van der Waals surface area contributed by atoms with Crippen LogP contribution in [0.25, 0.3) is 0 Å². The van der Waals surface area contributed by atoms with Crippen LogP contribution < -0.4 is 4.74 Å². The Labute approximate surface area is 191 Å². The molecule has 5 heteroatoms. The number of nitrogens with zero attached hydrogens (tertiary/aromatic N) is 1. The van der Waals surface area contributed by atoms with Gasteiger partial charge >= 0.3 is 0 Å². The van der Waals surface area contributed by atoms with E-state index in [-0.39, 0.29) is 6.61 Å². The summed E-state index contributed by atoms with van der Waals surface area (Å²) in [6.45, 7) is 0.149. The number of fused-ring (bicyclic) bond motifs is 1. The second-order valence-corrected chi connectivity index (χ2v) is 7.78. The number of para-hydroxylation sites is 1. The van der Waals surface area contributed by atoms with Crippen molar-refractivity contribution in [3.63, 3.8) is 0 Å². The Morgan fingerprint density at radius 2 is 1.18 bits per heavy atom. The third kappa shape index (κ3) is 4.54. The minimum atomic E-state index is -0.431. The Balaban J connectivity index is 1.26. The molecule has 0 spiro atoms. The van der Waals surface area contributed by atoms with Crippen molar-refractivity contribution in [2.24, 2.45) is 0 Å². The van der Waals surface area contributed by atoms with Gasteiger partial charge < -0.3 is 4.74 Å². The van der Waals surface area contributed by atoms with Gasteiger partial charge in [0.15, 0.2) is 0 Å². The highest BCUT2D eigenvalue weighted by Gasteiger charge is 2.37. The van der Waals surface area contributed by atoms with Crippen molar-refractivity contribution < 1.29 is 19.2 Å². The molecule has 33 heavy (non-hydrogen) atoms. The fraction of sp³-hybridized carbons (Fsp3) is 0.0714. The average molecular weight is 435 g/mol. The standard InChI is InChI=1S/C28H21NO4/c30-27-25-16-13-22(17-20-11-14-24(15-12-20)33-23-9-5-2-6-10-23)18-26(25)28(31)29(27)32-19-21-7-3-1-4-8-21/h1-16,18H,17,19H2. The van der Waals surface area contributed by atoms with Gasteiger partial charge in [0.25, 0.3) is 11.8 Å². The normalized spacial score (nSPS) is 12.7. The fourth-order valence-corrected chi connectivity index (χ4v) is 3.74. The molecule has 1 aliphatic heterocycles. The van der Waals surface area contributed by atoms with Crippen molar-refractivity contribution in [1.82, 2.24) is 5.06 Å². The van der Waals surface area contributed by atoms with Crippen LogP contribution in [-0.4, -0.2) is 16.9 Å². The maximum absolute atomic E-state index is 12.8. The summed E-state index contributed by atoms with van der Waals surface area (Å²) >= 11 is 0. The second kappa shape index (κ2) is 9.10. The quantitative estimate of drug-likeness (QED) is 0.345. The van der Waals surface area contributed by atoms with Crippen molar-refractivity contribution in [2.75, 3.05) is 0 Å². The van der Waals surface area contributed by atoms with Crippen LogP contribution in [0.2, 0.25) is 0 Å². The molecule has 0 fully saturated rings. The lowest BCUT2D eigenvalue weighted by atomic mass is 10.00. The van der Waals surface area contributed by atoms with Crippen LogP contribution in [0.1, 0.15) is 37.4 Å². The maximum atomic E-state index is 12.8. The van der Waals surface area contributed by atoms with E-state index in [1.54, 1.807) is 12.1 Å². The molecule has 2 amide bonds. The molecule has 0 bridgehead atoms. The zero-order valence-electron chi connectivity index (χ0n) is 17.8. The zero-order valence-corrected chi connectivity index (χ0v) is 17.8. The molecule has 5 rings (SSSR count). The molecule has 0 aromatic heterocycles. The molecule has 0 atom stereocenters. The van der Waals surface area contributed by atoms with E-state index < -0.39 is 11.8 Å². The van der Waals surface area contributed by atoms with E-state index >= 15 is 0 Å². The van der Waals surface area contributed by atoms with E-state index in [1.807, 2.05) is 91.0 Å². The second-order valence-electron chi connectivity index (χ2n) is 7.78. The zero-order chi connectivity index (χ0) is 22.6. The van der Waals surface area contributed by atoms with Crippen LogP contribution >= 0.6 is 0 Å². The lowest BCUT2D eigenvalue weighted by Gasteiger charge is -2.13. The molecular formula is C28H21NO4. The number of imide groups is 1. The summed E-state index contributed by atoms with van der Waals surface area (Å²) in [5.41, 5.74) is 3.63. The predicted molar refractivity (Wildman–Crippen MR) is 124 cm³/mol. The third-order valence-corrected chi connectivity index (χ3v) is 5.43. The lowest BCUT2D eigenvalue weighted by Crippen LogP contribution is -2.29. The molecule has 4 aromatic carbocycles. The van der Waals surface area contributed by atoms with Gasteiger partial charge in [-0.25, -0.2) is 0 Å². The largest absolute Gasteiger partial charge is 0.457 e. The Morgan fingerprint density at radius 1 is 0.576 bits per heavy atom. The summed E-state index contributed by atoms with van der Waals surface area (Å²) in [7, 11) is 0. The maximum Gasteiger partial charge on any atom is 0.285 e. The van der Waals surface area contributed by atoms with Gasteiger partial charge in [0, 0.05) is 0 Å². The van der Waals surface area contributed by atoms with Crippen LogP contribution in [0.3, 0.4) is 0 Å². The Kier molecular flexibility index (Phi) is 5.70. The number of hydroxylamine groups is 2. The number of carbonyl (C=O) groups is 2. The third-order valence-electron chi connectivity index (χ3n) is 5.43. The molecular weight excluding hydrogens is 414 g/mol. The van der Waals surface area contributed by atoms with Gasteiger partial charge in [-0.05, 0) is 59.5 Å². The van der Waals surface area contributed by atoms with Crippen molar-refractivity contribution >= 4 is 11.8 Å². The lowest BCUT2D eigenvalue weighted by molar-refractivity contribution is -0.101. The van der Waals surface area contributed by atoms with Crippen molar-refractivity contribution in [3.05, 3.63) is 131 Å². The minimum Gasteiger partial charge on any atom is -0.457 e. The number of benzene rings is 4. The summed E-state index contributed by atoms with van der Waals surface area (Å²) in [4.78, 5) is 31.0. The SMILES string of the molecule is O=C1c2ccc(Cc3ccc(Oc4ccccc4)cc3)cc2C(=O)N1OCc1ccccc1. The van der Waals surface area contributed by atoms with E-state index in [0.717, 1.165) is 33.3 Å². The number of hydrogen-bond acceptors (Lipinski definition) is 4. The number of ether oxygens (including phenoxy) is 1. The topological polar surface area (TPSA) is 55.8 Å². The van der Waals surface area contributed by atoms with E-state index in [4.69, 9.17) is 9.57 Å². The summed E-state index contributed by atoms with van der Waals surface area (Å²) in [5.74, 6) is 0.677. The number of rotatable bonds is 7. The van der Waals surface area contributed by atoms with Gasteiger partial charge in [0.2, 0.25) is 0 Å². The van der Waals surface area contributed by atoms with Crippen LogP contribution in [-0.2, 0) is 17.9 Å². The van der Waals surface area contributed by atoms with E-state index in [1.165, 1.54) is 0 Å². The average Bonchev–Trinajstić information content (AvgIpc) is 3.09. The van der Waals surface area contributed by atoms with Gasteiger partial charge in [-0.15, -0.1) is 5.06 Å². The van der Waals surface area contributed by atoms with Crippen molar-refractivity contribution in [2.45, 2.75) is 13.0 Å². The van der Waals surface area contributed by atoms with Gasteiger partial charge in [-0.2, -0.15) is 0 Å². The smallest absolute Gasteiger partial charge is 0.285 e. The first-order valence-corrected chi connectivity index (χ1v) is 10.7. The Hall–Kier alpha value is -4.22. The first-order valence-electron chi connectivity index (χ1n) is 10.7. The first kappa shape index (κ1) is 20.7. The summed E-state index contributed by atoms with van der Waals surface area (Å²) in [5, 5.41) is 0.858. The number of amides is 2. The molecule has 1 heterocycles. The van der Waals surface area contributed by atoms with Crippen LogP contribution in [0, 0.1) is 0 Å². The molecule has 0 saturated carbocycles. The van der Waals surface area contributed by atoms with E-state index in [2.05, 4.69) is 0 Å². The Morgan fingerprint density at radius 3 is 1.91 bits per heavy atom.